The van der Waals surface area contributed by atoms with E-state index in [1.165, 1.54) is 0 Å². The van der Waals surface area contributed by atoms with Gasteiger partial charge in [0.1, 0.15) is 10.8 Å². The number of nitrogens with one attached hydrogen (secondary N) is 4. The molecule has 2 radical (unpaired) electrons. The van der Waals surface area contributed by atoms with Gasteiger partial charge < -0.3 is 0 Å². The minimum absolute atomic E-state index is 0. The molecule has 0 aliphatic carbocycles. The summed E-state index contributed by atoms with van der Waals surface area (Å²) in [4.78, 5) is 69.6. The third-order valence-electron chi connectivity index (χ3n) is 6.77. The Morgan fingerprint density at radius 1 is 0.576 bits per heavy atom. The number of rotatable bonds is 8. The maximum atomic E-state index is 11.9. The molecule has 2 unspecified atom stereocenters. The van der Waals surface area contributed by atoms with Crippen LogP contribution >= 0.6 is 0 Å². The Morgan fingerprint density at radius 3 is 1.00 bits per heavy atom. The summed E-state index contributed by atoms with van der Waals surface area (Å²) >= 11 is 0. The number of imide groups is 4. The molecule has 0 aromatic heterocycles. The molecule has 2 rings (SSSR count). The summed E-state index contributed by atoms with van der Waals surface area (Å²) in [6.45, 7) is 11.3. The number of carbonyl (C=O) groups excluding carboxylic acids is 6. The Kier molecular flexibility index (Phi) is 12.8. The molecule has 0 bridgehead atoms. The van der Waals surface area contributed by atoms with Crippen molar-refractivity contribution < 1.29 is 28.8 Å². The van der Waals surface area contributed by atoms with Crippen molar-refractivity contribution in [3.63, 3.8) is 0 Å². The van der Waals surface area contributed by atoms with Gasteiger partial charge in [0, 0.05) is 37.7 Å². The van der Waals surface area contributed by atoms with Gasteiger partial charge in [-0.1, -0.05) is 54.4 Å². The molecular formula is C22H36CaN4O6. The minimum atomic E-state index is -1.09. The van der Waals surface area contributed by atoms with Gasteiger partial charge in [-0.15, -0.1) is 0 Å². The number of urea groups is 2. The van der Waals surface area contributed by atoms with E-state index < -0.39 is 46.5 Å². The van der Waals surface area contributed by atoms with Gasteiger partial charge in [0.25, 0.3) is 0 Å². The van der Waals surface area contributed by atoms with E-state index in [1.807, 2.05) is 27.7 Å². The average Bonchev–Trinajstić information content (AvgIpc) is 2.69. The number of hydrogen-bond donors (Lipinski definition) is 4. The second kappa shape index (κ2) is 13.4. The Labute approximate surface area is 225 Å². The predicted molar refractivity (Wildman–Crippen MR) is 123 cm³/mol. The van der Waals surface area contributed by atoms with E-state index in [0.717, 1.165) is 25.7 Å². The van der Waals surface area contributed by atoms with Crippen LogP contribution in [0.3, 0.4) is 0 Å². The van der Waals surface area contributed by atoms with Crippen LogP contribution in [0.15, 0.2) is 0 Å². The normalized spacial score (nSPS) is 20.7. The molecule has 182 valence electrons. The maximum Gasteiger partial charge on any atom is 0.328 e. The van der Waals surface area contributed by atoms with Crippen molar-refractivity contribution >= 4 is 73.4 Å². The Hall–Kier alpha value is -1.52. The first-order valence-corrected chi connectivity index (χ1v) is 11.3. The molecule has 2 atom stereocenters. The average molecular weight is 493 g/mol. The standard InChI is InChI=1S/2C11H18N2O3.Ca/c2*1-4-6-7(3)11(5-2)8(14)12-10(16)13-9(11)15;/h2*7H,4-6H2,1-3H3,(H2,12,13,14,15,16);. The van der Waals surface area contributed by atoms with Gasteiger partial charge in [0.05, 0.1) is 0 Å². The molecule has 0 aromatic carbocycles. The summed E-state index contributed by atoms with van der Waals surface area (Å²) in [5, 5.41) is 8.72. The van der Waals surface area contributed by atoms with E-state index in [-0.39, 0.29) is 49.6 Å². The van der Waals surface area contributed by atoms with Crippen LogP contribution in [-0.2, 0) is 19.2 Å². The monoisotopic (exact) mass is 492 g/mol. The number of amides is 8. The van der Waals surface area contributed by atoms with Crippen LogP contribution in [0.25, 0.3) is 0 Å². The fraction of sp³-hybridized carbons (Fsp3) is 0.727. The third-order valence-corrected chi connectivity index (χ3v) is 6.77. The van der Waals surface area contributed by atoms with E-state index in [0.29, 0.717) is 12.8 Å². The molecule has 2 heterocycles. The molecule has 2 saturated heterocycles. The summed E-state index contributed by atoms with van der Waals surface area (Å²) in [5.41, 5.74) is -2.19. The van der Waals surface area contributed by atoms with Crippen LogP contribution in [0.2, 0.25) is 0 Å². The van der Waals surface area contributed by atoms with Crippen LogP contribution in [0.1, 0.15) is 80.1 Å². The number of barbiturate groups is 2. The van der Waals surface area contributed by atoms with Crippen molar-refractivity contribution in [2.45, 2.75) is 80.1 Å². The zero-order valence-electron chi connectivity index (χ0n) is 20.6. The van der Waals surface area contributed by atoms with E-state index in [9.17, 15) is 28.8 Å². The van der Waals surface area contributed by atoms with Gasteiger partial charge in [-0.2, -0.15) is 0 Å². The molecule has 11 heteroatoms. The van der Waals surface area contributed by atoms with Gasteiger partial charge in [-0.3, -0.25) is 40.4 Å². The van der Waals surface area contributed by atoms with Crippen molar-refractivity contribution in [2.24, 2.45) is 22.7 Å². The topological polar surface area (TPSA) is 151 Å². The van der Waals surface area contributed by atoms with E-state index in [4.69, 9.17) is 0 Å². The molecule has 2 fully saturated rings. The Bertz CT molecular complexity index is 681. The van der Waals surface area contributed by atoms with Gasteiger partial charge in [0.15, 0.2) is 0 Å². The minimum Gasteiger partial charge on any atom is -0.277 e. The van der Waals surface area contributed by atoms with Crippen LogP contribution < -0.4 is 21.3 Å². The summed E-state index contributed by atoms with van der Waals surface area (Å²) in [6, 6.07) is -1.44. The summed E-state index contributed by atoms with van der Waals surface area (Å²) in [6.07, 6.45) is 4.17. The zero-order chi connectivity index (χ0) is 24.7. The molecule has 10 nitrogen and oxygen atoms in total. The first-order chi connectivity index (χ1) is 15.0. The van der Waals surface area contributed by atoms with Gasteiger partial charge in [-0.25, -0.2) is 9.59 Å². The van der Waals surface area contributed by atoms with Crippen LogP contribution in [0, 0.1) is 22.7 Å². The van der Waals surface area contributed by atoms with Gasteiger partial charge in [0.2, 0.25) is 23.6 Å². The molecule has 4 N–H and O–H groups in total. The van der Waals surface area contributed by atoms with Crippen molar-refractivity contribution in [3.8, 4) is 0 Å². The predicted octanol–water partition coefficient (Wildman–Crippen LogP) is 1.99. The van der Waals surface area contributed by atoms with Crippen molar-refractivity contribution in [3.05, 3.63) is 0 Å². The number of hydrogen-bond acceptors (Lipinski definition) is 6. The van der Waals surface area contributed by atoms with E-state index >= 15 is 0 Å². The molecule has 0 aromatic rings. The van der Waals surface area contributed by atoms with Crippen LogP contribution in [-0.4, -0.2) is 73.4 Å². The summed E-state index contributed by atoms with van der Waals surface area (Å²) in [5.74, 6) is -2.02. The van der Waals surface area contributed by atoms with Crippen molar-refractivity contribution in [1.29, 1.82) is 0 Å². The summed E-state index contributed by atoms with van der Waals surface area (Å²) in [7, 11) is 0. The quantitative estimate of drug-likeness (QED) is 0.300. The van der Waals surface area contributed by atoms with Crippen molar-refractivity contribution in [1.82, 2.24) is 21.3 Å². The van der Waals surface area contributed by atoms with Gasteiger partial charge >= 0.3 is 12.1 Å². The largest absolute Gasteiger partial charge is 0.328 e. The van der Waals surface area contributed by atoms with Crippen LogP contribution in [0.5, 0.6) is 0 Å². The van der Waals surface area contributed by atoms with Crippen LogP contribution in [0.4, 0.5) is 9.59 Å². The summed E-state index contributed by atoms with van der Waals surface area (Å²) < 4.78 is 0. The molecule has 8 amide bonds. The third kappa shape index (κ3) is 6.33. The fourth-order valence-corrected chi connectivity index (χ4v) is 4.72. The van der Waals surface area contributed by atoms with Crippen molar-refractivity contribution in [2.75, 3.05) is 0 Å². The Balaban J connectivity index is 0.000000602. The maximum absolute atomic E-state index is 11.9. The molecular weight excluding hydrogens is 456 g/mol. The second-order valence-corrected chi connectivity index (χ2v) is 8.50. The SMILES string of the molecule is CCCC(C)C1(CC)C(=O)NC(=O)NC1=O.CCCC(C)C1(CC)C(=O)NC(=O)NC1=O.[Ca]. The molecule has 2 aliphatic rings. The molecule has 33 heavy (non-hydrogen) atoms. The Morgan fingerprint density at radius 2 is 0.818 bits per heavy atom. The first kappa shape index (κ1) is 31.5. The van der Waals surface area contributed by atoms with E-state index in [2.05, 4.69) is 21.3 Å². The zero-order valence-corrected chi connectivity index (χ0v) is 22.8. The molecule has 0 spiro atoms. The number of carbonyl (C=O) groups is 6. The molecule has 0 saturated carbocycles. The second-order valence-electron chi connectivity index (χ2n) is 8.50. The van der Waals surface area contributed by atoms with Gasteiger partial charge in [-0.05, 0) is 37.5 Å². The molecule has 2 aliphatic heterocycles. The first-order valence-electron chi connectivity index (χ1n) is 11.3. The smallest absolute Gasteiger partial charge is 0.277 e. The fourth-order valence-electron chi connectivity index (χ4n) is 4.72. The van der Waals surface area contributed by atoms with E-state index in [1.54, 1.807) is 13.8 Å².